The number of pyridine rings is 1. The van der Waals surface area contributed by atoms with Crippen LogP contribution >= 0.6 is 51.2 Å². The largest absolute Gasteiger partial charge is 0.393 e. The van der Waals surface area contributed by atoms with Gasteiger partial charge in [-0.05, 0) is 205 Å². The maximum Gasteiger partial charge on any atom is 0.178 e. The van der Waals surface area contributed by atoms with Crippen molar-refractivity contribution in [2.75, 3.05) is 17.3 Å². The number of hydrogen-bond acceptors (Lipinski definition) is 22. The maximum atomic E-state index is 14.5. The lowest BCUT2D eigenvalue weighted by molar-refractivity contribution is -0.197. The molecule has 0 spiro atoms. The summed E-state index contributed by atoms with van der Waals surface area (Å²) in [6, 6.07) is 15.3. The number of ether oxygens (including phenoxy) is 2. The Morgan fingerprint density at radius 3 is 1.67 bits per heavy atom. The van der Waals surface area contributed by atoms with Gasteiger partial charge in [0.1, 0.15) is 27.6 Å². The number of hydrogen-bond donors (Lipinski definition) is 6. The molecule has 0 amide bonds. The van der Waals surface area contributed by atoms with E-state index in [0.717, 1.165) is 125 Å². The smallest absolute Gasteiger partial charge is 0.178 e. The number of allylic oxidation sites excluding steroid dienone is 12. The highest BCUT2D eigenvalue weighted by Crippen LogP contribution is 2.72. The van der Waals surface area contributed by atoms with E-state index in [1.165, 1.54) is 41.6 Å². The minimum Gasteiger partial charge on any atom is -0.393 e. The van der Waals surface area contributed by atoms with E-state index in [4.69, 9.17) is 14.5 Å². The second-order valence-corrected chi connectivity index (χ2v) is 39.8. The molecular weight excluding hydrogens is 1550 g/mol. The molecule has 5 heterocycles. The molecule has 12 aliphatic carbocycles. The Morgan fingerprint density at radius 1 is 0.584 bits per heavy atom. The Hall–Kier alpha value is -6.55. The number of ketones is 6. The fourth-order valence-corrected chi connectivity index (χ4v) is 28.3. The van der Waals surface area contributed by atoms with Crippen LogP contribution in [0.4, 0.5) is 0 Å². The summed E-state index contributed by atoms with van der Waals surface area (Å²) in [6.45, 7) is 14.7. The summed E-state index contributed by atoms with van der Waals surface area (Å²) in [5.41, 5.74) is 0.269. The van der Waals surface area contributed by atoms with Crippen LogP contribution in [-0.2, 0) is 38.2 Å². The van der Waals surface area contributed by atoms with E-state index in [0.29, 0.717) is 47.3 Å². The minimum atomic E-state index is -1.49. The van der Waals surface area contributed by atoms with Crippen LogP contribution in [-0.4, -0.2) is 160 Å². The lowest BCUT2D eigenvalue weighted by atomic mass is 9.46. The average molecular weight is 1650 g/mol. The van der Waals surface area contributed by atoms with Crippen molar-refractivity contribution in [3.8, 4) is 0 Å². The van der Waals surface area contributed by atoms with E-state index >= 15 is 0 Å². The molecule has 20 nitrogen and oxygen atoms in total. The summed E-state index contributed by atoms with van der Waals surface area (Å²) >= 11 is 7.53. The first-order valence-electron chi connectivity index (χ1n) is 40.5. The standard InChI is InChI=1S/C33H38N2O5S.C29H31BrN2O4S.C27H31N3O4S/c1-4-7-29-39-27-15-22-21-11-10-19-14-20(36)12-13-31(19,2)30(21)25(37)16-32(22,3)33(27,40-29)26(38)18-41-28-17-34-23-8-5-6-9-24(23)35-28;1-27-9-7-18(33)11-16(27)3-5-19-21-8-10-29(36,28(21,2)13-23(34)25(19)27)24(35)14-37-26-20-12-17(30)4-6-22(20)31-15-32-26;1-25-8-5-16(31)11-15(25)3-4-17-18-6-9-27(34,26(18,2)12-21(32)23(17)25)22(33)14-35-24-29-19-7-10-28-13-20(19)30-24/h5-6,8-9,12-14,17,21-22,25,27,29-30,37H,4,7,10-11,15-16,18H2,1-3H3;4,6-7,9,11-12,15,19,21,23,25,34,36H,3,5,8,10,13-14H2,1-2H3;5,7-8,10-11,13,17-18,21,23,32,34H,3-4,6,9,12,14H2,1-2H3,(H,29,30)/t21?,22?,25-,27+,29+,30?,31?,32?,33+;19?,21?,23-,25?,27?,28?,29-;17?,18?,21-,23?,25?,26?,27-/m000/s1. The molecule has 6 aromatic rings. The first kappa shape index (κ1) is 78.9. The third-order valence-electron chi connectivity index (χ3n) is 30.7. The number of fused-ring (bicyclic) bond motifs is 20. The van der Waals surface area contributed by atoms with Gasteiger partial charge in [0.05, 0.1) is 81.7 Å². The SMILES string of the molecule is CC12C=CC(=O)C=C1CCC1C2[C@@H](O)CC2(C)C1CC[C@]2(O)C(=O)CSc1nc2ccncc2[nH]1.CC12C=CC(=O)C=C1CCC1C2[C@@H](O)CC2(C)C1CC[C@]2(O)C(=O)CSc1ncnc2ccc(Br)cc12.CCC[C@@H]1O[C@@H]2CC3C4CCC5=CC(=O)C=CC5(C)C4[C@@H](O)CC3(C)[C@]2(C(=O)CSc2cnc3ccccc3n2)O1. The number of benzene rings is 2. The van der Waals surface area contributed by atoms with E-state index in [1.54, 1.807) is 55.0 Å². The Labute approximate surface area is 679 Å². The van der Waals surface area contributed by atoms with Crippen LogP contribution in [0.5, 0.6) is 0 Å². The number of halogens is 1. The molecule has 9 saturated carbocycles. The van der Waals surface area contributed by atoms with Crippen LogP contribution < -0.4 is 0 Å². The highest BCUT2D eigenvalue weighted by atomic mass is 79.9. The van der Waals surface area contributed by atoms with Gasteiger partial charge >= 0.3 is 0 Å². The number of H-pyrrole nitrogens is 1. The molecule has 24 heteroatoms. The van der Waals surface area contributed by atoms with Crippen molar-refractivity contribution < 1.29 is 63.8 Å². The molecule has 594 valence electrons. The number of carbonyl (C=O) groups excluding carboxylic acids is 6. The van der Waals surface area contributed by atoms with Crippen molar-refractivity contribution in [3.63, 3.8) is 0 Å². The van der Waals surface area contributed by atoms with Gasteiger partial charge in [0.25, 0.3) is 0 Å². The number of aromatic nitrogens is 7. The van der Waals surface area contributed by atoms with Crippen LogP contribution in [0.1, 0.15) is 151 Å². The van der Waals surface area contributed by atoms with Gasteiger partial charge in [0.15, 0.2) is 51.7 Å². The highest BCUT2D eigenvalue weighted by Gasteiger charge is 2.76. The van der Waals surface area contributed by atoms with Crippen molar-refractivity contribution in [2.24, 2.45) is 85.8 Å². The van der Waals surface area contributed by atoms with Crippen LogP contribution in [0.25, 0.3) is 33.0 Å². The van der Waals surface area contributed by atoms with Gasteiger partial charge in [0, 0.05) is 66.3 Å². The third kappa shape index (κ3) is 12.6. The molecule has 23 atom stereocenters. The van der Waals surface area contributed by atoms with E-state index in [2.05, 4.69) is 80.5 Å². The molecular formula is C89H100BrN7O13S3. The average Bonchev–Trinajstić information content (AvgIpc) is 1.54. The fourth-order valence-electron chi connectivity index (χ4n) is 25.4. The molecule has 0 bridgehead atoms. The molecule has 1 aliphatic heterocycles. The normalized spacial score (nSPS) is 40.0. The number of para-hydroxylation sites is 2. The first-order valence-corrected chi connectivity index (χ1v) is 44.2. The lowest BCUT2D eigenvalue weighted by Crippen LogP contribution is -2.63. The molecule has 2 aromatic carbocycles. The van der Waals surface area contributed by atoms with E-state index in [9.17, 15) is 54.3 Å². The predicted molar refractivity (Wildman–Crippen MR) is 435 cm³/mol. The molecule has 4 aromatic heterocycles. The van der Waals surface area contributed by atoms with Crippen molar-refractivity contribution >= 4 is 119 Å². The van der Waals surface area contributed by atoms with Crippen LogP contribution in [0.3, 0.4) is 0 Å². The summed E-state index contributed by atoms with van der Waals surface area (Å²) in [6.07, 6.45) is 31.1. The van der Waals surface area contributed by atoms with Crippen LogP contribution in [0, 0.1) is 85.8 Å². The van der Waals surface area contributed by atoms with E-state index < -0.39 is 57.7 Å². The zero-order valence-corrected chi connectivity index (χ0v) is 69.0. The summed E-state index contributed by atoms with van der Waals surface area (Å²) < 4.78 is 14.2. The molecule has 13 aliphatic rings. The summed E-state index contributed by atoms with van der Waals surface area (Å²) in [5, 5.41) is 61.8. The number of rotatable bonds is 14. The van der Waals surface area contributed by atoms with Gasteiger partial charge in [-0.15, -0.1) is 0 Å². The minimum absolute atomic E-state index is 0.00964. The molecule has 0 radical (unpaired) electrons. The van der Waals surface area contributed by atoms with Crippen LogP contribution in [0.15, 0.2) is 165 Å². The van der Waals surface area contributed by atoms with Crippen molar-refractivity contribution in [3.05, 3.63) is 149 Å². The van der Waals surface area contributed by atoms with Gasteiger partial charge in [0.2, 0.25) is 0 Å². The van der Waals surface area contributed by atoms with Crippen molar-refractivity contribution in [2.45, 2.75) is 214 Å². The first-order chi connectivity index (χ1) is 53.9. The molecule has 113 heavy (non-hydrogen) atoms. The fraction of sp³-hybridized carbons (Fsp3) is 0.551. The second-order valence-electron chi connectivity index (χ2n) is 36.0. The number of carbonyl (C=O) groups is 6. The summed E-state index contributed by atoms with van der Waals surface area (Å²) in [7, 11) is 0. The number of thioether (sulfide) groups is 3. The van der Waals surface area contributed by atoms with Gasteiger partial charge < -0.3 is 40.0 Å². The predicted octanol–water partition coefficient (Wildman–Crippen LogP) is 14.2. The topological polar surface area (TPSA) is 315 Å². The summed E-state index contributed by atoms with van der Waals surface area (Å²) in [5.74, 6) is 1.12. The van der Waals surface area contributed by atoms with E-state index in [1.807, 2.05) is 80.6 Å². The maximum absolute atomic E-state index is 14.5. The number of aliphatic hydroxyl groups excluding tert-OH is 3. The Balaban J connectivity index is 0.000000123. The zero-order valence-electron chi connectivity index (χ0n) is 64.9. The highest BCUT2D eigenvalue weighted by molar-refractivity contribution is 9.10. The Morgan fingerprint density at radius 2 is 1.12 bits per heavy atom. The quantitative estimate of drug-likeness (QED) is 0.0436. The number of nitrogens with one attached hydrogen (secondary N) is 1. The van der Waals surface area contributed by atoms with Gasteiger partial charge in [-0.1, -0.05) is 153 Å². The number of aromatic amines is 1. The Bertz CT molecular complexity index is 5090. The van der Waals surface area contributed by atoms with Crippen molar-refractivity contribution in [1.82, 2.24) is 34.9 Å². The molecule has 15 unspecified atom stereocenters. The van der Waals surface area contributed by atoms with Gasteiger partial charge in [-0.2, -0.15) is 0 Å². The number of nitrogens with zero attached hydrogens (tertiary/aromatic N) is 6. The molecule has 10 fully saturated rings. The Kier molecular flexibility index (Phi) is 20.4. The monoisotopic (exact) mass is 1650 g/mol. The van der Waals surface area contributed by atoms with Crippen LogP contribution in [0.2, 0.25) is 0 Å². The third-order valence-corrected chi connectivity index (χ3v) is 34.0. The number of aliphatic hydroxyl groups is 5. The van der Waals surface area contributed by atoms with E-state index in [-0.39, 0.29) is 128 Å². The second kappa shape index (κ2) is 29.2. The molecule has 19 rings (SSSR count). The lowest BCUT2D eigenvalue weighted by Gasteiger charge is -2.59. The van der Waals surface area contributed by atoms with Gasteiger partial charge in [-0.25, -0.2) is 19.9 Å². The number of Topliss-reactive ketones (excluding diaryl/α,β-unsaturated/α-hetero) is 3. The number of imidazole rings is 1. The molecule has 6 N–H and O–H groups in total. The zero-order chi connectivity index (χ0) is 79.3. The van der Waals surface area contributed by atoms with Crippen molar-refractivity contribution in [1.29, 1.82) is 0 Å². The van der Waals surface area contributed by atoms with Gasteiger partial charge in [-0.3, -0.25) is 38.7 Å². The summed E-state index contributed by atoms with van der Waals surface area (Å²) in [4.78, 5) is 108. The molecule has 1 saturated heterocycles.